The molecule has 0 spiro atoms. The van der Waals surface area contributed by atoms with Gasteiger partial charge in [-0.05, 0) is 13.1 Å². The highest BCUT2D eigenvalue weighted by Gasteiger charge is 2.47. The van der Waals surface area contributed by atoms with E-state index in [9.17, 15) is 31.1 Å². The minimum atomic E-state index is -5.28. The Balaban J connectivity index is 3.16. The quantitative estimate of drug-likeness (QED) is 0.447. The van der Waals surface area contributed by atoms with Crippen LogP contribution in [0, 0.1) is 0 Å². The van der Waals surface area contributed by atoms with Gasteiger partial charge in [-0.3, -0.25) is 5.32 Å². The summed E-state index contributed by atoms with van der Waals surface area (Å²) in [5, 5.41) is 2.36. The van der Waals surface area contributed by atoms with Crippen molar-refractivity contribution < 1.29 is 45.3 Å². The molecule has 12 heteroatoms. The number of hydrogen-bond donors (Lipinski definition) is 1. The van der Waals surface area contributed by atoms with Crippen LogP contribution in [0.1, 0.15) is 5.56 Å². The number of halogens is 6. The average Bonchev–Trinajstić information content (AvgIpc) is 2.51. The van der Waals surface area contributed by atoms with Gasteiger partial charge in [0.2, 0.25) is 11.6 Å². The smallest absolute Gasteiger partial charge is 0.468 e. The molecule has 0 radical (unpaired) electrons. The first-order valence-corrected chi connectivity index (χ1v) is 6.57. The normalized spacial score (nSPS) is 14.7. The molecule has 0 fully saturated rings. The molecular weight excluding hydrogens is 362 g/mol. The zero-order valence-corrected chi connectivity index (χ0v) is 13.0. The largest absolute Gasteiger partial charge is 0.491 e. The number of carbonyl (C=O) groups is 1. The maximum absolute atomic E-state index is 12.5. The van der Waals surface area contributed by atoms with Crippen LogP contribution in [0.4, 0.5) is 26.3 Å². The number of ether oxygens (including phenoxy) is 3. The summed E-state index contributed by atoms with van der Waals surface area (Å²) in [5.74, 6) is -3.03. The summed E-state index contributed by atoms with van der Waals surface area (Å²) in [6.45, 7) is -2.21. The van der Waals surface area contributed by atoms with E-state index >= 15 is 0 Å². The maximum Gasteiger partial charge on any atom is 0.491 e. The van der Waals surface area contributed by atoms with Gasteiger partial charge >= 0.3 is 18.3 Å². The Labute approximate surface area is 138 Å². The van der Waals surface area contributed by atoms with E-state index in [2.05, 4.69) is 19.8 Å². The van der Waals surface area contributed by atoms with Crippen LogP contribution >= 0.6 is 0 Å². The lowest BCUT2D eigenvalue weighted by atomic mass is 10.0. The van der Waals surface area contributed by atoms with Crippen LogP contribution < -0.4 is 10.1 Å². The molecule has 1 heterocycles. The molecule has 1 atom stereocenters. The average molecular weight is 376 g/mol. The summed E-state index contributed by atoms with van der Waals surface area (Å²) in [6, 6.07) is 2.05. The van der Waals surface area contributed by atoms with E-state index in [0.717, 1.165) is 25.4 Å². The van der Waals surface area contributed by atoms with Crippen LogP contribution in [0.2, 0.25) is 0 Å². The number of rotatable bonds is 7. The lowest BCUT2D eigenvalue weighted by Crippen LogP contribution is -2.50. The van der Waals surface area contributed by atoms with Gasteiger partial charge in [0.05, 0.1) is 0 Å². The standard InChI is InChI=1S/C13H14F6N2O4/c1-20-11(6-23-2,25-10(22)13(17,18)19)8-3-4-21-9(5-8)24-7-12(14,15)16/h3-5,20H,6-7H2,1-2H3. The van der Waals surface area contributed by atoms with E-state index in [1.165, 1.54) is 7.05 Å². The molecule has 0 saturated heterocycles. The predicted octanol–water partition coefficient (Wildman–Crippen LogP) is 2.15. The number of carbonyl (C=O) groups excluding carboxylic acids is 1. The van der Waals surface area contributed by atoms with Gasteiger partial charge in [0.25, 0.3) is 0 Å². The van der Waals surface area contributed by atoms with E-state index in [-0.39, 0.29) is 5.56 Å². The first-order valence-electron chi connectivity index (χ1n) is 6.57. The summed E-state index contributed by atoms with van der Waals surface area (Å²) < 4.78 is 87.7. The van der Waals surface area contributed by atoms with E-state index in [4.69, 9.17) is 4.74 Å². The monoisotopic (exact) mass is 376 g/mol. The van der Waals surface area contributed by atoms with Gasteiger partial charge in [-0.1, -0.05) is 0 Å². The molecule has 0 bridgehead atoms. The molecule has 0 aliphatic heterocycles. The Hall–Kier alpha value is -2.08. The summed E-state index contributed by atoms with van der Waals surface area (Å²) >= 11 is 0. The molecule has 0 aliphatic rings. The van der Waals surface area contributed by atoms with Gasteiger partial charge in [-0.2, -0.15) is 26.3 Å². The Bertz CT molecular complexity index is 593. The molecule has 142 valence electrons. The zero-order valence-electron chi connectivity index (χ0n) is 13.0. The Kier molecular flexibility index (Phi) is 6.60. The number of esters is 1. The second-order valence-corrected chi connectivity index (χ2v) is 4.68. The third-order valence-electron chi connectivity index (χ3n) is 2.83. The highest BCUT2D eigenvalue weighted by Crippen LogP contribution is 2.29. The van der Waals surface area contributed by atoms with Crippen LogP contribution in [0.3, 0.4) is 0 Å². The molecule has 6 nitrogen and oxygen atoms in total. The van der Waals surface area contributed by atoms with Gasteiger partial charge in [-0.15, -0.1) is 0 Å². The van der Waals surface area contributed by atoms with E-state index < -0.39 is 43.1 Å². The number of likely N-dealkylation sites (N-methyl/N-ethyl adjacent to an activating group) is 1. The second kappa shape index (κ2) is 7.87. The molecule has 0 saturated carbocycles. The highest BCUT2D eigenvalue weighted by molar-refractivity contribution is 5.76. The lowest BCUT2D eigenvalue weighted by Gasteiger charge is -2.33. The van der Waals surface area contributed by atoms with E-state index in [1.807, 2.05) is 0 Å². The Morgan fingerprint density at radius 1 is 1.20 bits per heavy atom. The van der Waals surface area contributed by atoms with Crippen LogP contribution in [0.5, 0.6) is 5.88 Å². The van der Waals surface area contributed by atoms with Crippen molar-refractivity contribution in [3.63, 3.8) is 0 Å². The molecule has 1 aromatic heterocycles. The summed E-state index contributed by atoms with van der Waals surface area (Å²) in [5.41, 5.74) is -2.26. The number of aromatic nitrogens is 1. The lowest BCUT2D eigenvalue weighted by molar-refractivity contribution is -0.223. The molecule has 1 N–H and O–H groups in total. The molecule has 25 heavy (non-hydrogen) atoms. The molecular formula is C13H14F6N2O4. The molecule has 0 amide bonds. The number of nitrogens with zero attached hydrogens (tertiary/aromatic N) is 1. The number of pyridine rings is 1. The number of nitrogens with one attached hydrogen (secondary N) is 1. The number of hydrogen-bond acceptors (Lipinski definition) is 6. The fourth-order valence-electron chi connectivity index (χ4n) is 1.75. The van der Waals surface area contributed by atoms with E-state index in [1.54, 1.807) is 0 Å². The summed E-state index contributed by atoms with van der Waals surface area (Å²) in [7, 11) is 2.31. The molecule has 1 aromatic rings. The topological polar surface area (TPSA) is 69.7 Å². The van der Waals surface area contributed by atoms with E-state index in [0.29, 0.717) is 0 Å². The Morgan fingerprint density at radius 3 is 2.32 bits per heavy atom. The Morgan fingerprint density at radius 2 is 1.84 bits per heavy atom. The third-order valence-corrected chi connectivity index (χ3v) is 2.83. The SMILES string of the molecule is CNC(COC)(OC(=O)C(F)(F)F)c1ccnc(OCC(F)(F)F)c1. The van der Waals surface area contributed by atoms with Crippen molar-refractivity contribution in [3.05, 3.63) is 23.9 Å². The maximum atomic E-state index is 12.5. The predicted molar refractivity (Wildman–Crippen MR) is 70.5 cm³/mol. The van der Waals surface area contributed by atoms with Crippen LogP contribution in [0.25, 0.3) is 0 Å². The van der Waals surface area contributed by atoms with Crippen molar-refractivity contribution in [3.8, 4) is 5.88 Å². The van der Waals surface area contributed by atoms with Crippen molar-refractivity contribution in [2.24, 2.45) is 0 Å². The molecule has 1 unspecified atom stereocenters. The van der Waals surface area contributed by atoms with Gasteiger partial charge in [0.15, 0.2) is 6.61 Å². The van der Waals surface area contributed by atoms with Gasteiger partial charge in [0, 0.05) is 24.9 Å². The van der Waals surface area contributed by atoms with Crippen LogP contribution in [0.15, 0.2) is 18.3 Å². The summed E-state index contributed by atoms with van der Waals surface area (Å²) in [6.07, 6.45) is -8.92. The van der Waals surface area contributed by atoms with Crippen LogP contribution in [-0.4, -0.2) is 50.7 Å². The minimum absolute atomic E-state index is 0.151. The van der Waals surface area contributed by atoms with Crippen molar-refractivity contribution in [2.45, 2.75) is 18.1 Å². The van der Waals surface area contributed by atoms with Crippen molar-refractivity contribution in [2.75, 3.05) is 27.4 Å². The molecule has 1 rings (SSSR count). The molecule has 0 aromatic carbocycles. The molecule has 0 aliphatic carbocycles. The zero-order chi connectivity index (χ0) is 19.3. The fraction of sp³-hybridized carbons (Fsp3) is 0.538. The van der Waals surface area contributed by atoms with Crippen molar-refractivity contribution >= 4 is 5.97 Å². The number of methoxy groups -OCH3 is 1. The summed E-state index contributed by atoms with van der Waals surface area (Å²) in [4.78, 5) is 14.7. The van der Waals surface area contributed by atoms with Crippen LogP contribution in [-0.2, 0) is 20.0 Å². The fourth-order valence-corrected chi connectivity index (χ4v) is 1.75. The first-order chi connectivity index (χ1) is 11.4. The van der Waals surface area contributed by atoms with Gasteiger partial charge < -0.3 is 14.2 Å². The first kappa shape index (κ1) is 21.0. The van der Waals surface area contributed by atoms with Gasteiger partial charge in [0.1, 0.15) is 6.61 Å². The highest BCUT2D eigenvalue weighted by atomic mass is 19.4. The second-order valence-electron chi connectivity index (χ2n) is 4.68. The van der Waals surface area contributed by atoms with Crippen molar-refractivity contribution in [1.29, 1.82) is 0 Å². The third kappa shape index (κ3) is 6.05. The number of alkyl halides is 6. The van der Waals surface area contributed by atoms with Crippen molar-refractivity contribution in [1.82, 2.24) is 10.3 Å². The van der Waals surface area contributed by atoms with Gasteiger partial charge in [-0.25, -0.2) is 9.78 Å². The minimum Gasteiger partial charge on any atom is -0.468 e.